The molecule has 0 fully saturated rings. The summed E-state index contributed by atoms with van der Waals surface area (Å²) >= 11 is 0. The van der Waals surface area contributed by atoms with Crippen molar-refractivity contribution in [3.63, 3.8) is 0 Å². The van der Waals surface area contributed by atoms with Gasteiger partial charge in [-0.25, -0.2) is 9.97 Å². The van der Waals surface area contributed by atoms with Crippen LogP contribution in [0.1, 0.15) is 28.5 Å². The van der Waals surface area contributed by atoms with Crippen molar-refractivity contribution >= 4 is 23.1 Å². The number of hydrogen-bond acceptors (Lipinski definition) is 4. The second-order valence-electron chi connectivity index (χ2n) is 6.07. The highest BCUT2D eigenvalue weighted by molar-refractivity contribution is 6.04. The number of rotatable bonds is 5. The Kier molecular flexibility index (Phi) is 5.27. The lowest BCUT2D eigenvalue weighted by atomic mass is 10.1. The highest BCUT2D eigenvalue weighted by Gasteiger charge is 2.15. The largest absolute Gasteiger partial charge is 0.339 e. The van der Waals surface area contributed by atoms with E-state index in [0.717, 1.165) is 23.4 Å². The lowest BCUT2D eigenvalue weighted by Crippen LogP contribution is -2.27. The highest BCUT2D eigenvalue weighted by Crippen LogP contribution is 2.24. The molecule has 5 heteroatoms. The number of nitrogens with zero attached hydrogens (tertiary/aromatic N) is 3. The molecule has 0 aliphatic heterocycles. The molecule has 5 nitrogen and oxygen atoms in total. The Balaban J connectivity index is 1.78. The Morgan fingerprint density at radius 2 is 1.81 bits per heavy atom. The SMILES string of the molecule is CCc1cccc(C)c1Nc1cnc(C(=O)N(C)c2ccccc2)cn1. The van der Waals surface area contributed by atoms with E-state index in [9.17, 15) is 4.79 Å². The van der Waals surface area contributed by atoms with E-state index in [-0.39, 0.29) is 5.91 Å². The van der Waals surface area contributed by atoms with Crippen molar-refractivity contribution in [2.75, 3.05) is 17.3 Å². The number of carbonyl (C=O) groups excluding carboxylic acids is 1. The summed E-state index contributed by atoms with van der Waals surface area (Å²) in [4.78, 5) is 22.8. The van der Waals surface area contributed by atoms with Gasteiger partial charge in [-0.05, 0) is 36.6 Å². The van der Waals surface area contributed by atoms with Gasteiger partial charge >= 0.3 is 0 Å². The molecule has 0 unspecified atom stereocenters. The van der Waals surface area contributed by atoms with Crippen LogP contribution in [0.3, 0.4) is 0 Å². The average molecular weight is 346 g/mol. The van der Waals surface area contributed by atoms with E-state index in [4.69, 9.17) is 0 Å². The summed E-state index contributed by atoms with van der Waals surface area (Å²) in [6.07, 6.45) is 4.03. The normalized spacial score (nSPS) is 10.4. The van der Waals surface area contributed by atoms with E-state index in [2.05, 4.69) is 41.3 Å². The first-order valence-corrected chi connectivity index (χ1v) is 8.60. The third kappa shape index (κ3) is 3.72. The van der Waals surface area contributed by atoms with Crippen LogP contribution in [0.2, 0.25) is 0 Å². The fourth-order valence-corrected chi connectivity index (χ4v) is 2.77. The lowest BCUT2D eigenvalue weighted by Gasteiger charge is -2.17. The zero-order chi connectivity index (χ0) is 18.5. The number of carbonyl (C=O) groups is 1. The molecule has 3 rings (SSSR count). The van der Waals surface area contributed by atoms with Crippen LogP contribution in [0, 0.1) is 6.92 Å². The maximum absolute atomic E-state index is 12.6. The zero-order valence-corrected chi connectivity index (χ0v) is 15.2. The Morgan fingerprint density at radius 3 is 2.46 bits per heavy atom. The summed E-state index contributed by atoms with van der Waals surface area (Å²) < 4.78 is 0. The van der Waals surface area contributed by atoms with Crippen molar-refractivity contribution in [1.29, 1.82) is 0 Å². The molecule has 0 atom stereocenters. The predicted octanol–water partition coefficient (Wildman–Crippen LogP) is 4.37. The van der Waals surface area contributed by atoms with E-state index in [1.54, 1.807) is 18.1 Å². The zero-order valence-electron chi connectivity index (χ0n) is 15.2. The van der Waals surface area contributed by atoms with Crippen molar-refractivity contribution in [3.8, 4) is 0 Å². The molecule has 0 saturated carbocycles. The molecule has 132 valence electrons. The summed E-state index contributed by atoms with van der Waals surface area (Å²) in [5.41, 5.74) is 4.53. The first-order valence-electron chi connectivity index (χ1n) is 8.60. The number of aromatic nitrogens is 2. The van der Waals surface area contributed by atoms with E-state index >= 15 is 0 Å². The number of aryl methyl sites for hydroxylation is 2. The number of nitrogens with one attached hydrogen (secondary N) is 1. The summed E-state index contributed by atoms with van der Waals surface area (Å²) in [7, 11) is 1.73. The number of benzene rings is 2. The minimum Gasteiger partial charge on any atom is -0.339 e. The molecule has 3 aromatic rings. The van der Waals surface area contributed by atoms with Crippen molar-refractivity contribution in [2.45, 2.75) is 20.3 Å². The second kappa shape index (κ2) is 7.78. The first kappa shape index (κ1) is 17.6. The molecule has 1 aromatic heterocycles. The van der Waals surface area contributed by atoms with Gasteiger partial charge in [-0.3, -0.25) is 4.79 Å². The molecule has 0 spiro atoms. The Labute approximate surface area is 153 Å². The number of hydrogen-bond donors (Lipinski definition) is 1. The molecule has 0 saturated heterocycles. The summed E-state index contributed by atoms with van der Waals surface area (Å²) in [6.45, 7) is 4.18. The van der Waals surface area contributed by atoms with Crippen LogP contribution in [0.15, 0.2) is 60.9 Å². The van der Waals surface area contributed by atoms with Crippen LogP contribution in [0.5, 0.6) is 0 Å². The molecule has 1 amide bonds. The number of amides is 1. The fraction of sp³-hybridized carbons (Fsp3) is 0.190. The first-order chi connectivity index (χ1) is 12.6. The standard InChI is InChI=1S/C21H22N4O/c1-4-16-10-8-9-15(2)20(16)24-19-14-22-18(13-23-19)21(26)25(3)17-11-6-5-7-12-17/h5-14H,4H2,1-3H3,(H,23,24). The van der Waals surface area contributed by atoms with Crippen LogP contribution < -0.4 is 10.2 Å². The molecular weight excluding hydrogens is 324 g/mol. The highest BCUT2D eigenvalue weighted by atomic mass is 16.2. The molecule has 1 heterocycles. The van der Waals surface area contributed by atoms with Crippen LogP contribution in [-0.4, -0.2) is 22.9 Å². The molecule has 1 N–H and O–H groups in total. The fourth-order valence-electron chi connectivity index (χ4n) is 2.77. The van der Waals surface area contributed by atoms with Crippen molar-refractivity contribution in [3.05, 3.63) is 77.7 Å². The van der Waals surface area contributed by atoms with Gasteiger partial charge in [0.15, 0.2) is 0 Å². The van der Waals surface area contributed by atoms with Gasteiger partial charge in [0.05, 0.1) is 12.4 Å². The summed E-state index contributed by atoms with van der Waals surface area (Å²) in [6, 6.07) is 15.7. The average Bonchev–Trinajstić information content (AvgIpc) is 2.69. The third-order valence-electron chi connectivity index (χ3n) is 4.31. The molecule has 0 aliphatic carbocycles. The minimum atomic E-state index is -0.194. The van der Waals surface area contributed by atoms with Crippen molar-refractivity contribution < 1.29 is 4.79 Å². The number of anilines is 3. The van der Waals surface area contributed by atoms with Crippen LogP contribution >= 0.6 is 0 Å². The van der Waals surface area contributed by atoms with E-state index < -0.39 is 0 Å². The van der Waals surface area contributed by atoms with E-state index in [0.29, 0.717) is 11.5 Å². The van der Waals surface area contributed by atoms with Crippen LogP contribution in [0.25, 0.3) is 0 Å². The summed E-state index contributed by atoms with van der Waals surface area (Å²) in [5.74, 6) is 0.424. The molecule has 0 bridgehead atoms. The topological polar surface area (TPSA) is 58.1 Å². The van der Waals surface area contributed by atoms with Gasteiger partial charge in [-0.2, -0.15) is 0 Å². The quantitative estimate of drug-likeness (QED) is 0.745. The Bertz CT molecular complexity index is 892. The molecule has 0 radical (unpaired) electrons. The van der Waals surface area contributed by atoms with Gasteiger partial charge in [-0.15, -0.1) is 0 Å². The van der Waals surface area contributed by atoms with Gasteiger partial charge < -0.3 is 10.2 Å². The van der Waals surface area contributed by atoms with Gasteiger partial charge in [0.25, 0.3) is 5.91 Å². The maximum Gasteiger partial charge on any atom is 0.278 e. The maximum atomic E-state index is 12.6. The van der Waals surface area contributed by atoms with Gasteiger partial charge in [0, 0.05) is 18.4 Å². The smallest absolute Gasteiger partial charge is 0.278 e. The lowest BCUT2D eigenvalue weighted by molar-refractivity contribution is 0.0988. The number of para-hydroxylation sites is 2. The van der Waals surface area contributed by atoms with E-state index in [1.165, 1.54) is 11.8 Å². The molecule has 0 aliphatic rings. The van der Waals surface area contributed by atoms with Gasteiger partial charge in [0.2, 0.25) is 0 Å². The molecule has 26 heavy (non-hydrogen) atoms. The van der Waals surface area contributed by atoms with Gasteiger partial charge in [-0.1, -0.05) is 43.3 Å². The molecular formula is C21H22N4O. The predicted molar refractivity (Wildman–Crippen MR) is 105 cm³/mol. The van der Waals surface area contributed by atoms with Crippen molar-refractivity contribution in [2.24, 2.45) is 0 Å². The second-order valence-corrected chi connectivity index (χ2v) is 6.07. The third-order valence-corrected chi connectivity index (χ3v) is 4.31. The van der Waals surface area contributed by atoms with Crippen LogP contribution in [0.4, 0.5) is 17.2 Å². The molecule has 2 aromatic carbocycles. The Morgan fingerprint density at radius 1 is 1.04 bits per heavy atom. The van der Waals surface area contributed by atoms with Crippen LogP contribution in [-0.2, 0) is 6.42 Å². The minimum absolute atomic E-state index is 0.194. The summed E-state index contributed by atoms with van der Waals surface area (Å²) in [5, 5.41) is 3.32. The van der Waals surface area contributed by atoms with Gasteiger partial charge in [0.1, 0.15) is 11.5 Å². The van der Waals surface area contributed by atoms with Crippen molar-refractivity contribution in [1.82, 2.24) is 9.97 Å². The Hall–Kier alpha value is -3.21. The van der Waals surface area contributed by atoms with E-state index in [1.807, 2.05) is 36.4 Å². The monoisotopic (exact) mass is 346 g/mol.